The van der Waals surface area contributed by atoms with Crippen LogP contribution in [0.5, 0.6) is 11.5 Å². The average Bonchev–Trinajstić information content (AvgIpc) is 3.05. The zero-order chi connectivity index (χ0) is 16.7. The van der Waals surface area contributed by atoms with Crippen LogP contribution in [0.3, 0.4) is 0 Å². The minimum Gasteiger partial charge on any atom is -0.497 e. The van der Waals surface area contributed by atoms with Gasteiger partial charge in [0.25, 0.3) is 0 Å². The van der Waals surface area contributed by atoms with Crippen molar-refractivity contribution in [3.8, 4) is 11.5 Å². The number of methoxy groups -OCH3 is 2. The molecule has 0 aliphatic carbocycles. The Morgan fingerprint density at radius 1 is 1.29 bits per heavy atom. The molecule has 1 unspecified atom stereocenters. The summed E-state index contributed by atoms with van der Waals surface area (Å²) in [7, 11) is 3.23. The quantitative estimate of drug-likeness (QED) is 0.372. The van der Waals surface area contributed by atoms with Crippen LogP contribution in [-0.2, 0) is 6.42 Å². The lowest BCUT2D eigenvalue weighted by Gasteiger charge is -2.13. The molecule has 2 rings (SSSR count). The molecule has 5 nitrogen and oxygen atoms in total. The van der Waals surface area contributed by atoms with Crippen LogP contribution >= 0.6 is 35.3 Å². The Kier molecular flexibility index (Phi) is 8.91. The van der Waals surface area contributed by atoms with Gasteiger partial charge in [-0.05, 0) is 35.9 Å². The summed E-state index contributed by atoms with van der Waals surface area (Å²) < 4.78 is 10.5. The summed E-state index contributed by atoms with van der Waals surface area (Å²) in [6, 6.07) is 9.71. The molecule has 7 heteroatoms. The van der Waals surface area contributed by atoms with Crippen LogP contribution in [0.4, 0.5) is 5.69 Å². The standard InChI is InChI=1S/C17H23N3O2S.HI/c1-12(9-14-5-4-8-23-14)11-19-17(18)20-15-10-13(21-2)6-7-16(15)22-3;/h4-8,10,12H,9,11H2,1-3H3,(H3,18,19,20);1H. The molecule has 24 heavy (non-hydrogen) atoms. The van der Waals surface area contributed by atoms with Crippen molar-refractivity contribution in [2.24, 2.45) is 16.6 Å². The second-order valence-corrected chi connectivity index (χ2v) is 6.34. The number of nitrogens with one attached hydrogen (secondary N) is 1. The summed E-state index contributed by atoms with van der Waals surface area (Å²) in [5.74, 6) is 2.22. The molecular weight excluding hydrogens is 437 g/mol. The van der Waals surface area contributed by atoms with Gasteiger partial charge in [-0.1, -0.05) is 13.0 Å². The van der Waals surface area contributed by atoms with Crippen LogP contribution in [0.2, 0.25) is 0 Å². The highest BCUT2D eigenvalue weighted by atomic mass is 127. The van der Waals surface area contributed by atoms with E-state index in [4.69, 9.17) is 15.2 Å². The number of anilines is 1. The third-order valence-corrected chi connectivity index (χ3v) is 4.27. The number of benzene rings is 1. The lowest BCUT2D eigenvalue weighted by atomic mass is 10.1. The fourth-order valence-corrected chi connectivity index (χ4v) is 3.05. The molecular formula is C17H24IN3O2S. The van der Waals surface area contributed by atoms with Crippen molar-refractivity contribution in [1.29, 1.82) is 0 Å². The third-order valence-electron chi connectivity index (χ3n) is 3.37. The van der Waals surface area contributed by atoms with E-state index in [2.05, 4.69) is 34.7 Å². The molecule has 0 aliphatic rings. The number of nitrogens with zero attached hydrogens (tertiary/aromatic N) is 1. The first-order valence-corrected chi connectivity index (χ1v) is 8.31. The SMILES string of the molecule is COc1ccc(OC)c(NC(N)=NCC(C)Cc2cccs2)c1.I. The highest BCUT2D eigenvalue weighted by Gasteiger charge is 2.07. The molecule has 1 heterocycles. The van der Waals surface area contributed by atoms with Gasteiger partial charge in [-0.3, -0.25) is 4.99 Å². The maximum absolute atomic E-state index is 5.99. The van der Waals surface area contributed by atoms with Crippen LogP contribution in [-0.4, -0.2) is 26.7 Å². The van der Waals surface area contributed by atoms with Gasteiger partial charge in [0.1, 0.15) is 11.5 Å². The van der Waals surface area contributed by atoms with Gasteiger partial charge in [0.2, 0.25) is 0 Å². The Morgan fingerprint density at radius 2 is 2.08 bits per heavy atom. The van der Waals surface area contributed by atoms with Crippen molar-refractivity contribution in [3.05, 3.63) is 40.6 Å². The first-order chi connectivity index (χ1) is 11.1. The molecule has 2 aromatic rings. The maximum Gasteiger partial charge on any atom is 0.193 e. The molecule has 0 spiro atoms. The van der Waals surface area contributed by atoms with E-state index in [9.17, 15) is 0 Å². The fourth-order valence-electron chi connectivity index (χ4n) is 2.18. The fraction of sp³-hybridized carbons (Fsp3) is 0.353. The molecule has 132 valence electrons. The first kappa shape index (κ1) is 20.6. The Labute approximate surface area is 164 Å². The van der Waals surface area contributed by atoms with E-state index in [0.717, 1.165) is 17.9 Å². The topological polar surface area (TPSA) is 68.9 Å². The zero-order valence-electron chi connectivity index (χ0n) is 14.1. The average molecular weight is 461 g/mol. The van der Waals surface area contributed by atoms with Gasteiger partial charge in [0, 0.05) is 17.5 Å². The number of ether oxygens (including phenoxy) is 2. The van der Waals surface area contributed by atoms with Crippen LogP contribution < -0.4 is 20.5 Å². The molecule has 0 fully saturated rings. The highest BCUT2D eigenvalue weighted by Crippen LogP contribution is 2.28. The van der Waals surface area contributed by atoms with Crippen LogP contribution in [0.1, 0.15) is 11.8 Å². The molecule has 0 amide bonds. The Hall–Kier alpha value is -1.48. The van der Waals surface area contributed by atoms with Gasteiger partial charge in [0.15, 0.2) is 5.96 Å². The monoisotopic (exact) mass is 461 g/mol. The summed E-state index contributed by atoms with van der Waals surface area (Å²) in [4.78, 5) is 5.79. The molecule has 1 aromatic heterocycles. The molecule has 1 aromatic carbocycles. The largest absolute Gasteiger partial charge is 0.497 e. The molecule has 0 saturated carbocycles. The highest BCUT2D eigenvalue weighted by molar-refractivity contribution is 14.0. The summed E-state index contributed by atoms with van der Waals surface area (Å²) in [5.41, 5.74) is 6.72. The molecule has 0 bridgehead atoms. The molecule has 0 radical (unpaired) electrons. The number of hydrogen-bond donors (Lipinski definition) is 2. The van der Waals surface area contributed by atoms with E-state index in [1.54, 1.807) is 25.6 Å². The van der Waals surface area contributed by atoms with Crippen molar-refractivity contribution >= 4 is 47.0 Å². The predicted octanol–water partition coefficient (Wildman–Crippen LogP) is 3.99. The van der Waals surface area contributed by atoms with Gasteiger partial charge < -0.3 is 20.5 Å². The smallest absolute Gasteiger partial charge is 0.193 e. The van der Waals surface area contributed by atoms with Crippen LogP contribution in [0.25, 0.3) is 0 Å². The first-order valence-electron chi connectivity index (χ1n) is 7.43. The number of thiophene rings is 1. The summed E-state index contributed by atoms with van der Waals surface area (Å²) >= 11 is 1.77. The van der Waals surface area contributed by atoms with Crippen molar-refractivity contribution in [2.45, 2.75) is 13.3 Å². The van der Waals surface area contributed by atoms with Gasteiger partial charge in [-0.2, -0.15) is 0 Å². The number of halogens is 1. The predicted molar refractivity (Wildman–Crippen MR) is 112 cm³/mol. The number of nitrogens with two attached hydrogens (primary N) is 1. The minimum absolute atomic E-state index is 0. The zero-order valence-corrected chi connectivity index (χ0v) is 17.3. The van der Waals surface area contributed by atoms with Crippen molar-refractivity contribution < 1.29 is 9.47 Å². The molecule has 0 aliphatic heterocycles. The van der Waals surface area contributed by atoms with Gasteiger partial charge in [-0.25, -0.2) is 0 Å². The molecule has 1 atom stereocenters. The summed E-state index contributed by atoms with van der Waals surface area (Å²) in [6.07, 6.45) is 1.01. The van der Waals surface area contributed by atoms with E-state index in [-0.39, 0.29) is 24.0 Å². The second kappa shape index (κ2) is 10.4. The van der Waals surface area contributed by atoms with E-state index < -0.39 is 0 Å². The van der Waals surface area contributed by atoms with Gasteiger partial charge in [-0.15, -0.1) is 35.3 Å². The number of guanidine groups is 1. The second-order valence-electron chi connectivity index (χ2n) is 5.31. The Bertz CT molecular complexity index is 647. The third kappa shape index (κ3) is 6.20. The van der Waals surface area contributed by atoms with E-state index >= 15 is 0 Å². The van der Waals surface area contributed by atoms with Crippen molar-refractivity contribution in [3.63, 3.8) is 0 Å². The lowest BCUT2D eigenvalue weighted by molar-refractivity contribution is 0.405. The Morgan fingerprint density at radius 3 is 2.71 bits per heavy atom. The summed E-state index contributed by atoms with van der Waals surface area (Å²) in [5, 5.41) is 5.17. The van der Waals surface area contributed by atoms with E-state index in [1.807, 2.05) is 18.2 Å². The number of rotatable bonds is 7. The number of aliphatic imine (C=N–C) groups is 1. The van der Waals surface area contributed by atoms with Crippen molar-refractivity contribution in [2.75, 3.05) is 26.1 Å². The minimum atomic E-state index is 0. The summed E-state index contributed by atoms with van der Waals surface area (Å²) in [6.45, 7) is 2.84. The van der Waals surface area contributed by atoms with Crippen LogP contribution in [0, 0.1) is 5.92 Å². The molecule has 0 saturated heterocycles. The van der Waals surface area contributed by atoms with Gasteiger partial charge >= 0.3 is 0 Å². The molecule has 3 N–H and O–H groups in total. The van der Waals surface area contributed by atoms with Crippen molar-refractivity contribution in [1.82, 2.24) is 0 Å². The van der Waals surface area contributed by atoms with Gasteiger partial charge in [0.05, 0.1) is 19.9 Å². The van der Waals surface area contributed by atoms with E-state index in [0.29, 0.717) is 24.2 Å². The van der Waals surface area contributed by atoms with Crippen LogP contribution in [0.15, 0.2) is 40.7 Å². The number of hydrogen-bond acceptors (Lipinski definition) is 4. The van der Waals surface area contributed by atoms with E-state index in [1.165, 1.54) is 4.88 Å². The lowest BCUT2D eigenvalue weighted by Crippen LogP contribution is -2.24. The normalized spacial score (nSPS) is 12.2. The maximum atomic E-state index is 5.99. The Balaban J connectivity index is 0.00000288.